The van der Waals surface area contributed by atoms with Gasteiger partial charge in [0.15, 0.2) is 0 Å². The fraction of sp³-hybridized carbons (Fsp3) is 1.00. The summed E-state index contributed by atoms with van der Waals surface area (Å²) in [7, 11) is -4.22. The Morgan fingerprint density at radius 1 is 0.621 bits per heavy atom. The Balaban J connectivity index is 0. The first kappa shape index (κ1) is 32.7. The fourth-order valence-corrected chi connectivity index (χ4v) is 4.76. The van der Waals surface area contributed by atoms with E-state index >= 15 is 0 Å². The van der Waals surface area contributed by atoms with Gasteiger partial charge in [0, 0.05) is 11.9 Å². The quantitative estimate of drug-likeness (QED) is 0.152. The van der Waals surface area contributed by atoms with Crippen molar-refractivity contribution in [3.05, 3.63) is 0 Å². The summed E-state index contributed by atoms with van der Waals surface area (Å²) in [5.41, 5.74) is 0. The van der Waals surface area contributed by atoms with E-state index < -0.39 is 15.4 Å². The molecule has 0 saturated heterocycles. The van der Waals surface area contributed by atoms with E-state index in [0.717, 1.165) is 19.3 Å². The molecular weight excluding hydrogens is 411 g/mol. The zero-order valence-corrected chi connectivity index (χ0v) is 23.4. The molecule has 0 aromatic carbocycles. The van der Waals surface area contributed by atoms with Crippen LogP contribution in [-0.4, -0.2) is 29.9 Å². The van der Waals surface area contributed by atoms with Crippen molar-refractivity contribution in [1.29, 1.82) is 0 Å². The van der Waals surface area contributed by atoms with Gasteiger partial charge in [0.2, 0.25) is 0 Å². The zero-order chi connectivity index (χ0) is 20.9. The summed E-state index contributed by atoms with van der Waals surface area (Å²) in [5, 5.41) is 8.00. The second kappa shape index (κ2) is 24.2. The summed E-state index contributed by atoms with van der Waals surface area (Å²) >= 11 is 0. The Labute approximate surface area is 224 Å². The van der Waals surface area contributed by atoms with Crippen molar-refractivity contribution in [1.82, 2.24) is 0 Å². The molecule has 0 aromatic heterocycles. The van der Waals surface area contributed by atoms with Crippen LogP contribution in [0.1, 0.15) is 135 Å². The molecular formula is C23H47KO4S. The van der Waals surface area contributed by atoms with Crippen molar-refractivity contribution >= 4 is 10.1 Å². The minimum absolute atomic E-state index is 0. The summed E-state index contributed by atoms with van der Waals surface area (Å²) < 4.78 is 33.6. The number of aliphatic hydroxyl groups is 1. The largest absolute Gasteiger partial charge is 1.00 e. The molecule has 6 heteroatoms. The number of rotatable bonds is 22. The van der Waals surface area contributed by atoms with Crippen LogP contribution in [0.5, 0.6) is 0 Å². The van der Waals surface area contributed by atoms with Gasteiger partial charge in [-0.25, -0.2) is 8.42 Å². The maximum atomic E-state index is 11.2. The van der Waals surface area contributed by atoms with Crippen LogP contribution < -0.4 is 51.4 Å². The minimum Gasteiger partial charge on any atom is -0.748 e. The van der Waals surface area contributed by atoms with Crippen LogP contribution in [0.2, 0.25) is 0 Å². The average Bonchev–Trinajstić information content (AvgIpc) is 2.65. The summed E-state index contributed by atoms with van der Waals surface area (Å²) in [4.78, 5) is 0. The predicted molar refractivity (Wildman–Crippen MR) is 119 cm³/mol. The minimum atomic E-state index is -4.22. The first-order valence-corrected chi connectivity index (χ1v) is 13.5. The van der Waals surface area contributed by atoms with Gasteiger partial charge in [-0.1, -0.05) is 116 Å². The third-order valence-electron chi connectivity index (χ3n) is 5.72. The van der Waals surface area contributed by atoms with Crippen molar-refractivity contribution in [3.8, 4) is 0 Å². The third-order valence-corrected chi connectivity index (χ3v) is 7.01. The van der Waals surface area contributed by atoms with E-state index in [2.05, 4.69) is 6.92 Å². The Kier molecular flexibility index (Phi) is 27.2. The monoisotopic (exact) mass is 458 g/mol. The van der Waals surface area contributed by atoms with E-state index in [9.17, 15) is 13.0 Å². The third kappa shape index (κ3) is 24.0. The van der Waals surface area contributed by atoms with Crippen LogP contribution in [0.15, 0.2) is 0 Å². The molecule has 0 amide bonds. The Bertz CT molecular complexity index is 415. The molecule has 4 nitrogen and oxygen atoms in total. The average molecular weight is 459 g/mol. The van der Waals surface area contributed by atoms with Crippen molar-refractivity contribution in [2.24, 2.45) is 0 Å². The van der Waals surface area contributed by atoms with E-state index in [1.165, 1.54) is 89.9 Å². The molecule has 0 aliphatic carbocycles. The van der Waals surface area contributed by atoms with Crippen LogP contribution >= 0.6 is 0 Å². The molecule has 1 unspecified atom stereocenters. The Morgan fingerprint density at radius 3 is 1.24 bits per heavy atom. The van der Waals surface area contributed by atoms with Crippen LogP contribution in [0, 0.1) is 0 Å². The maximum absolute atomic E-state index is 11.2. The first-order chi connectivity index (χ1) is 13.5. The van der Waals surface area contributed by atoms with Gasteiger partial charge in [-0.15, -0.1) is 0 Å². The molecule has 0 radical (unpaired) electrons. The van der Waals surface area contributed by atoms with Crippen molar-refractivity contribution in [2.75, 3.05) is 6.61 Å². The number of hydrogen-bond acceptors (Lipinski definition) is 4. The van der Waals surface area contributed by atoms with Gasteiger partial charge < -0.3 is 9.66 Å². The van der Waals surface area contributed by atoms with E-state index in [1.807, 2.05) is 0 Å². The van der Waals surface area contributed by atoms with Crippen molar-refractivity contribution < 1.29 is 69.5 Å². The Morgan fingerprint density at radius 2 is 0.931 bits per heavy atom. The SMILES string of the molecule is CCCCCCCCCCCCCCCCCCCC(CCCO)S(=O)(=O)[O-].[K+]. The molecule has 0 aliphatic rings. The topological polar surface area (TPSA) is 77.4 Å². The fourth-order valence-electron chi connectivity index (χ4n) is 3.85. The molecule has 0 heterocycles. The van der Waals surface area contributed by atoms with Gasteiger partial charge in [-0.05, 0) is 19.3 Å². The Hall–Kier alpha value is 1.51. The zero-order valence-electron chi connectivity index (χ0n) is 19.5. The second-order valence-corrected chi connectivity index (χ2v) is 10.1. The van der Waals surface area contributed by atoms with E-state index in [-0.39, 0.29) is 58.0 Å². The molecule has 0 aliphatic heterocycles. The van der Waals surface area contributed by atoms with Gasteiger partial charge >= 0.3 is 51.4 Å². The molecule has 170 valence electrons. The second-order valence-electron chi connectivity index (χ2n) is 8.43. The number of unbranched alkanes of at least 4 members (excludes halogenated alkanes) is 16. The van der Waals surface area contributed by atoms with Gasteiger partial charge in [-0.3, -0.25) is 0 Å². The smallest absolute Gasteiger partial charge is 0.748 e. The molecule has 0 aromatic rings. The van der Waals surface area contributed by atoms with Gasteiger partial charge in [-0.2, -0.15) is 0 Å². The van der Waals surface area contributed by atoms with Crippen LogP contribution in [0.4, 0.5) is 0 Å². The molecule has 29 heavy (non-hydrogen) atoms. The normalized spacial score (nSPS) is 12.7. The summed E-state index contributed by atoms with van der Waals surface area (Å²) in [6.45, 7) is 2.22. The molecule has 0 fully saturated rings. The van der Waals surface area contributed by atoms with Crippen molar-refractivity contribution in [2.45, 2.75) is 141 Å². The molecule has 0 rings (SSSR count). The predicted octanol–water partition coefficient (Wildman–Crippen LogP) is 3.72. The van der Waals surface area contributed by atoms with E-state index in [1.54, 1.807) is 0 Å². The summed E-state index contributed by atoms with van der Waals surface area (Å²) in [6, 6.07) is 0. The molecule has 1 atom stereocenters. The number of aliphatic hydroxyl groups excluding tert-OH is 1. The molecule has 0 bridgehead atoms. The van der Waals surface area contributed by atoms with Gasteiger partial charge in [0.1, 0.15) is 0 Å². The van der Waals surface area contributed by atoms with Crippen LogP contribution in [0.3, 0.4) is 0 Å². The standard InChI is InChI=1S/C23H48O4S.K/c1-2-3-4-5-6-7-8-9-10-11-12-13-14-15-16-17-18-20-23(21-19-22-24)28(25,26)27;/h23-24H,2-22H2,1H3,(H,25,26,27);/q;+1/p-1. The molecule has 0 saturated carbocycles. The van der Waals surface area contributed by atoms with Crippen LogP contribution in [0.25, 0.3) is 0 Å². The molecule has 1 N–H and O–H groups in total. The van der Waals surface area contributed by atoms with Crippen LogP contribution in [-0.2, 0) is 10.1 Å². The maximum Gasteiger partial charge on any atom is 1.00 e. The molecule has 0 spiro atoms. The van der Waals surface area contributed by atoms with Gasteiger partial charge in [0.05, 0.1) is 10.1 Å². The van der Waals surface area contributed by atoms with Gasteiger partial charge in [0.25, 0.3) is 0 Å². The van der Waals surface area contributed by atoms with E-state index in [0.29, 0.717) is 19.3 Å². The summed E-state index contributed by atoms with van der Waals surface area (Å²) in [5.74, 6) is 0. The number of hydrogen-bond donors (Lipinski definition) is 1. The first-order valence-electron chi connectivity index (χ1n) is 12.1. The van der Waals surface area contributed by atoms with Crippen molar-refractivity contribution in [3.63, 3.8) is 0 Å². The summed E-state index contributed by atoms with van der Waals surface area (Å²) in [6.07, 6.45) is 23.2. The van der Waals surface area contributed by atoms with E-state index in [4.69, 9.17) is 5.11 Å².